The molecule has 4 nitrogen and oxygen atoms in total. The molecule has 128 valence electrons. The molecule has 1 N–H and O–H groups in total. The van der Waals surface area contributed by atoms with Gasteiger partial charge in [-0.15, -0.1) is 0 Å². The number of oxazole rings is 1. The van der Waals surface area contributed by atoms with Gasteiger partial charge >= 0.3 is 0 Å². The molecule has 0 aliphatic carbocycles. The van der Waals surface area contributed by atoms with Crippen LogP contribution >= 0.6 is 23.2 Å². The maximum Gasteiger partial charge on any atom is 0.257 e. The van der Waals surface area contributed by atoms with Gasteiger partial charge < -0.3 is 9.73 Å². The van der Waals surface area contributed by atoms with E-state index in [0.29, 0.717) is 32.4 Å². The van der Waals surface area contributed by atoms with Crippen molar-refractivity contribution in [2.75, 3.05) is 5.32 Å². The summed E-state index contributed by atoms with van der Waals surface area (Å²) in [4.78, 5) is 16.4. The molecule has 1 heterocycles. The van der Waals surface area contributed by atoms with E-state index in [-0.39, 0.29) is 5.91 Å². The second-order valence-corrected chi connectivity index (χ2v) is 6.48. The third kappa shape index (κ3) is 3.17. The molecule has 1 aromatic heterocycles. The lowest BCUT2D eigenvalue weighted by Crippen LogP contribution is -2.12. The Balaban J connectivity index is 1.59. The Morgan fingerprint density at radius 1 is 0.962 bits per heavy atom. The molecular formula is C20H12Cl2N2O2. The molecule has 0 spiro atoms. The topological polar surface area (TPSA) is 55.1 Å². The number of hydrogen-bond acceptors (Lipinski definition) is 3. The number of anilines is 1. The molecule has 4 rings (SSSR count). The number of hydrogen-bond donors (Lipinski definition) is 1. The average Bonchev–Trinajstić information content (AvgIpc) is 3.09. The fraction of sp³-hybridized carbons (Fsp3) is 0. The second-order valence-electron chi connectivity index (χ2n) is 5.66. The molecule has 6 heteroatoms. The Morgan fingerprint density at radius 2 is 1.73 bits per heavy atom. The van der Waals surface area contributed by atoms with Crippen molar-refractivity contribution in [3.05, 3.63) is 82.7 Å². The number of halogens is 2. The molecule has 4 aromatic rings. The lowest BCUT2D eigenvalue weighted by Gasteiger charge is -2.09. The summed E-state index contributed by atoms with van der Waals surface area (Å²) in [7, 11) is 0. The minimum Gasteiger partial charge on any atom is -0.443 e. The van der Waals surface area contributed by atoms with Gasteiger partial charge in [-0.25, -0.2) is 4.98 Å². The van der Waals surface area contributed by atoms with Gasteiger partial charge in [0.2, 0.25) is 0 Å². The molecule has 0 bridgehead atoms. The normalized spacial score (nSPS) is 10.8. The van der Waals surface area contributed by atoms with E-state index in [1.54, 1.807) is 30.3 Å². The van der Waals surface area contributed by atoms with Gasteiger partial charge in [0.15, 0.2) is 12.0 Å². The summed E-state index contributed by atoms with van der Waals surface area (Å²) < 4.78 is 5.33. The fourth-order valence-electron chi connectivity index (χ4n) is 2.68. The van der Waals surface area contributed by atoms with Crippen molar-refractivity contribution in [2.45, 2.75) is 0 Å². The number of carbonyl (C=O) groups is 1. The third-order valence-corrected chi connectivity index (χ3v) is 4.63. The average molecular weight is 383 g/mol. The Labute approximate surface area is 159 Å². The van der Waals surface area contributed by atoms with E-state index < -0.39 is 0 Å². The van der Waals surface area contributed by atoms with Gasteiger partial charge in [-0.1, -0.05) is 47.5 Å². The van der Waals surface area contributed by atoms with Crippen molar-refractivity contribution in [3.63, 3.8) is 0 Å². The van der Waals surface area contributed by atoms with E-state index >= 15 is 0 Å². The summed E-state index contributed by atoms with van der Waals surface area (Å²) in [6.07, 6.45) is 1.39. The van der Waals surface area contributed by atoms with Crippen molar-refractivity contribution in [1.29, 1.82) is 0 Å². The van der Waals surface area contributed by atoms with Crippen LogP contribution in [0.4, 0.5) is 5.69 Å². The molecule has 0 saturated heterocycles. The summed E-state index contributed by atoms with van der Waals surface area (Å²) in [5.41, 5.74) is 4.21. The predicted octanol–water partition coefficient (Wildman–Crippen LogP) is 6.05. The van der Waals surface area contributed by atoms with Gasteiger partial charge in [-0.3, -0.25) is 4.79 Å². The summed E-state index contributed by atoms with van der Waals surface area (Å²) in [5, 5.41) is 3.83. The van der Waals surface area contributed by atoms with Crippen molar-refractivity contribution < 1.29 is 9.21 Å². The number of benzene rings is 3. The Bertz CT molecular complexity index is 1100. The number of fused-ring (bicyclic) bond motifs is 1. The smallest absolute Gasteiger partial charge is 0.257 e. The first-order chi connectivity index (χ1) is 12.6. The summed E-state index contributed by atoms with van der Waals surface area (Å²) in [6.45, 7) is 0. The van der Waals surface area contributed by atoms with Crippen LogP contribution in [0.1, 0.15) is 10.4 Å². The lowest BCUT2D eigenvalue weighted by atomic mass is 10.0. The maximum atomic E-state index is 12.3. The van der Waals surface area contributed by atoms with Crippen molar-refractivity contribution in [1.82, 2.24) is 4.98 Å². The van der Waals surface area contributed by atoms with Gasteiger partial charge in [-0.2, -0.15) is 0 Å². The molecule has 1 amide bonds. The molecule has 3 aromatic carbocycles. The van der Waals surface area contributed by atoms with E-state index in [4.69, 9.17) is 27.6 Å². The van der Waals surface area contributed by atoms with E-state index in [0.717, 1.165) is 11.1 Å². The van der Waals surface area contributed by atoms with Crippen LogP contribution < -0.4 is 5.32 Å². The second kappa shape index (κ2) is 6.83. The van der Waals surface area contributed by atoms with Crippen LogP contribution in [-0.2, 0) is 0 Å². The van der Waals surface area contributed by atoms with Gasteiger partial charge in [0.1, 0.15) is 5.52 Å². The Morgan fingerprint density at radius 3 is 2.50 bits per heavy atom. The SMILES string of the molecule is O=C(Nc1ccc(-c2cc3ocnc3cc2Cl)cc1)c1ccccc1Cl. The number of nitrogens with one attached hydrogen (secondary N) is 1. The fourth-order valence-corrected chi connectivity index (χ4v) is 3.16. The molecular weight excluding hydrogens is 371 g/mol. The van der Waals surface area contributed by atoms with Crippen LogP contribution in [-0.4, -0.2) is 10.9 Å². The van der Waals surface area contributed by atoms with Crippen LogP contribution in [0.5, 0.6) is 0 Å². The van der Waals surface area contributed by atoms with Gasteiger partial charge in [0.25, 0.3) is 5.91 Å². The number of nitrogens with zero attached hydrogens (tertiary/aromatic N) is 1. The van der Waals surface area contributed by atoms with Gasteiger partial charge in [-0.05, 0) is 42.0 Å². The van der Waals surface area contributed by atoms with E-state index in [1.807, 2.05) is 30.3 Å². The van der Waals surface area contributed by atoms with Crippen molar-refractivity contribution >= 4 is 45.9 Å². The molecule has 0 saturated carbocycles. The zero-order valence-corrected chi connectivity index (χ0v) is 14.9. The first kappa shape index (κ1) is 16.6. The summed E-state index contributed by atoms with van der Waals surface area (Å²) in [5.74, 6) is -0.260. The Kier molecular flexibility index (Phi) is 4.37. The van der Waals surface area contributed by atoms with Gasteiger partial charge in [0, 0.05) is 11.3 Å². The highest BCUT2D eigenvalue weighted by atomic mass is 35.5. The molecule has 0 fully saturated rings. The Hall–Kier alpha value is -2.82. The minimum absolute atomic E-state index is 0.260. The zero-order valence-electron chi connectivity index (χ0n) is 13.4. The molecule has 0 atom stereocenters. The van der Waals surface area contributed by atoms with Crippen LogP contribution in [0.2, 0.25) is 10.0 Å². The number of aromatic nitrogens is 1. The first-order valence-corrected chi connectivity index (χ1v) is 8.56. The maximum absolute atomic E-state index is 12.3. The monoisotopic (exact) mass is 382 g/mol. The third-order valence-electron chi connectivity index (χ3n) is 3.99. The van der Waals surface area contributed by atoms with Crippen molar-refractivity contribution in [2.24, 2.45) is 0 Å². The van der Waals surface area contributed by atoms with Crippen LogP contribution in [0, 0.1) is 0 Å². The predicted molar refractivity (Wildman–Crippen MR) is 104 cm³/mol. The van der Waals surface area contributed by atoms with Crippen LogP contribution in [0.15, 0.2) is 71.5 Å². The van der Waals surface area contributed by atoms with E-state index in [2.05, 4.69) is 10.3 Å². The minimum atomic E-state index is -0.260. The number of rotatable bonds is 3. The zero-order chi connectivity index (χ0) is 18.1. The highest BCUT2D eigenvalue weighted by Crippen LogP contribution is 2.32. The molecule has 0 aliphatic heterocycles. The van der Waals surface area contributed by atoms with E-state index in [9.17, 15) is 4.79 Å². The highest BCUT2D eigenvalue weighted by molar-refractivity contribution is 6.34. The quantitative estimate of drug-likeness (QED) is 0.468. The molecule has 0 aliphatic rings. The highest BCUT2D eigenvalue weighted by Gasteiger charge is 2.11. The number of amides is 1. The van der Waals surface area contributed by atoms with Gasteiger partial charge in [0.05, 0.1) is 15.6 Å². The largest absolute Gasteiger partial charge is 0.443 e. The van der Waals surface area contributed by atoms with Crippen molar-refractivity contribution in [3.8, 4) is 11.1 Å². The first-order valence-electron chi connectivity index (χ1n) is 7.81. The summed E-state index contributed by atoms with van der Waals surface area (Å²) >= 11 is 12.4. The number of carbonyl (C=O) groups excluding carboxylic acids is 1. The van der Waals surface area contributed by atoms with E-state index in [1.165, 1.54) is 6.39 Å². The molecule has 0 unspecified atom stereocenters. The van der Waals surface area contributed by atoms with Crippen LogP contribution in [0.25, 0.3) is 22.2 Å². The summed E-state index contributed by atoms with van der Waals surface area (Å²) in [6, 6.07) is 17.9. The lowest BCUT2D eigenvalue weighted by molar-refractivity contribution is 0.102. The van der Waals surface area contributed by atoms with Crippen LogP contribution in [0.3, 0.4) is 0 Å². The standard InChI is InChI=1S/C20H12Cl2N2O2/c21-16-4-2-1-3-14(16)20(25)24-13-7-5-12(6-8-13)15-9-19-18(10-17(15)22)23-11-26-19/h1-11H,(H,24,25). The molecule has 0 radical (unpaired) electrons. The molecule has 26 heavy (non-hydrogen) atoms.